The number of halogens is 3. The molecule has 0 aliphatic heterocycles. The van der Waals surface area contributed by atoms with Crippen LogP contribution in [0.5, 0.6) is 5.75 Å². The van der Waals surface area contributed by atoms with E-state index in [1.165, 1.54) is 19.6 Å². The van der Waals surface area contributed by atoms with Gasteiger partial charge in [0.2, 0.25) is 11.8 Å². The van der Waals surface area contributed by atoms with Gasteiger partial charge in [-0.3, -0.25) is 4.79 Å². The molecule has 4 aromatic rings. The van der Waals surface area contributed by atoms with Crippen molar-refractivity contribution < 1.29 is 27.1 Å². The zero-order chi connectivity index (χ0) is 24.1. The summed E-state index contributed by atoms with van der Waals surface area (Å²) in [5.41, 5.74) is 0.271. The van der Waals surface area contributed by atoms with E-state index in [1.54, 1.807) is 48.5 Å². The summed E-state index contributed by atoms with van der Waals surface area (Å²) in [6.07, 6.45) is -1.16. The van der Waals surface area contributed by atoms with Crippen molar-refractivity contribution in [1.29, 1.82) is 0 Å². The van der Waals surface area contributed by atoms with Crippen LogP contribution in [-0.4, -0.2) is 23.0 Å². The number of para-hydroxylation sites is 1. The highest BCUT2D eigenvalue weighted by Gasteiger charge is 2.34. The fraction of sp³-hybridized carbons (Fsp3) is 0.125. The quantitative estimate of drug-likeness (QED) is 0.362. The minimum atomic E-state index is -4.67. The summed E-state index contributed by atoms with van der Waals surface area (Å²) >= 11 is 0. The van der Waals surface area contributed by atoms with Gasteiger partial charge in [0.15, 0.2) is 0 Å². The molecule has 0 atom stereocenters. The number of amides is 1. The average Bonchev–Trinajstić information content (AvgIpc) is 3.34. The van der Waals surface area contributed by atoms with Crippen molar-refractivity contribution in [1.82, 2.24) is 9.97 Å². The minimum Gasteiger partial charge on any atom is -0.497 e. The maximum atomic E-state index is 13.7. The van der Waals surface area contributed by atoms with Crippen molar-refractivity contribution in [3.8, 4) is 17.2 Å². The van der Waals surface area contributed by atoms with Gasteiger partial charge in [0.25, 0.3) is 0 Å². The Morgan fingerprint density at radius 2 is 1.82 bits per heavy atom. The monoisotopic (exact) mass is 468 g/mol. The Kier molecular flexibility index (Phi) is 6.48. The van der Waals surface area contributed by atoms with Gasteiger partial charge in [-0.2, -0.15) is 13.2 Å². The molecule has 4 rings (SSSR count). The molecule has 7 nitrogen and oxygen atoms in total. The van der Waals surface area contributed by atoms with E-state index < -0.39 is 17.6 Å². The van der Waals surface area contributed by atoms with E-state index in [0.717, 1.165) is 6.07 Å². The van der Waals surface area contributed by atoms with Crippen LogP contribution in [0.15, 0.2) is 77.7 Å². The van der Waals surface area contributed by atoms with Gasteiger partial charge in [0.05, 0.1) is 42.2 Å². The van der Waals surface area contributed by atoms with Crippen molar-refractivity contribution in [2.45, 2.75) is 12.6 Å². The third-order valence-electron chi connectivity index (χ3n) is 4.86. The first-order valence-corrected chi connectivity index (χ1v) is 10.1. The van der Waals surface area contributed by atoms with Crippen LogP contribution >= 0.6 is 0 Å². The molecule has 0 bridgehead atoms. The van der Waals surface area contributed by atoms with Gasteiger partial charge in [0.1, 0.15) is 17.8 Å². The number of oxazole rings is 1. The first kappa shape index (κ1) is 22.8. The summed E-state index contributed by atoms with van der Waals surface area (Å²) in [4.78, 5) is 20.3. The predicted octanol–water partition coefficient (Wildman–Crippen LogP) is 5.69. The summed E-state index contributed by atoms with van der Waals surface area (Å²) in [5.74, 6) is 0.444. The lowest BCUT2D eigenvalue weighted by Crippen LogP contribution is -2.17. The first-order valence-electron chi connectivity index (χ1n) is 10.1. The van der Waals surface area contributed by atoms with Crippen LogP contribution in [0.25, 0.3) is 11.5 Å². The van der Waals surface area contributed by atoms with Crippen LogP contribution in [0.4, 0.5) is 30.4 Å². The molecule has 0 spiro atoms. The standard InChI is InChI=1S/C24H19F3N4O3/c1-33-16-8-6-15(7-9-16)12-22(32)31-21-13-20(18(14-29-21)24(25,26)27)30-19-5-3-2-4-17(19)23-28-10-11-34-23/h2-11,13-14H,12H2,1H3,(H2,29,30,31,32). The number of pyridine rings is 1. The van der Waals surface area contributed by atoms with Crippen LogP contribution in [-0.2, 0) is 17.4 Å². The number of alkyl halides is 3. The van der Waals surface area contributed by atoms with E-state index in [0.29, 0.717) is 28.8 Å². The van der Waals surface area contributed by atoms with Crippen molar-refractivity contribution in [2.24, 2.45) is 0 Å². The second kappa shape index (κ2) is 9.65. The minimum absolute atomic E-state index is 0.0163. The zero-order valence-electron chi connectivity index (χ0n) is 17.9. The molecule has 2 aromatic carbocycles. The Balaban J connectivity index is 1.59. The lowest BCUT2D eigenvalue weighted by atomic mass is 10.1. The van der Waals surface area contributed by atoms with E-state index in [1.807, 2.05) is 0 Å². The van der Waals surface area contributed by atoms with Gasteiger partial charge < -0.3 is 19.8 Å². The molecule has 174 valence electrons. The number of carbonyl (C=O) groups excluding carboxylic acids is 1. The smallest absolute Gasteiger partial charge is 0.419 e. The van der Waals surface area contributed by atoms with Gasteiger partial charge >= 0.3 is 6.18 Å². The predicted molar refractivity (Wildman–Crippen MR) is 120 cm³/mol. The molecule has 1 amide bonds. The topological polar surface area (TPSA) is 89.3 Å². The molecule has 0 aliphatic carbocycles. The van der Waals surface area contributed by atoms with E-state index >= 15 is 0 Å². The largest absolute Gasteiger partial charge is 0.497 e. The molecular weight excluding hydrogens is 449 g/mol. The fourth-order valence-electron chi connectivity index (χ4n) is 3.25. The number of hydrogen-bond acceptors (Lipinski definition) is 6. The number of methoxy groups -OCH3 is 1. The molecule has 10 heteroatoms. The van der Waals surface area contributed by atoms with Gasteiger partial charge in [-0.1, -0.05) is 24.3 Å². The summed E-state index contributed by atoms with van der Waals surface area (Å²) in [6.45, 7) is 0. The van der Waals surface area contributed by atoms with Gasteiger partial charge in [-0.05, 0) is 29.8 Å². The van der Waals surface area contributed by atoms with Crippen molar-refractivity contribution >= 4 is 23.1 Å². The van der Waals surface area contributed by atoms with Gasteiger partial charge in [-0.25, -0.2) is 9.97 Å². The van der Waals surface area contributed by atoms with Crippen molar-refractivity contribution in [2.75, 3.05) is 17.7 Å². The molecule has 0 unspecified atom stereocenters. The Labute approximate surface area is 192 Å². The van der Waals surface area contributed by atoms with Gasteiger partial charge in [-0.15, -0.1) is 0 Å². The van der Waals surface area contributed by atoms with E-state index in [4.69, 9.17) is 9.15 Å². The number of benzene rings is 2. The number of hydrogen-bond donors (Lipinski definition) is 2. The van der Waals surface area contributed by atoms with E-state index in [2.05, 4.69) is 20.6 Å². The van der Waals surface area contributed by atoms with Crippen molar-refractivity contribution in [3.63, 3.8) is 0 Å². The zero-order valence-corrected chi connectivity index (χ0v) is 17.9. The maximum Gasteiger partial charge on any atom is 0.419 e. The first-order chi connectivity index (χ1) is 16.3. The molecule has 0 saturated heterocycles. The summed E-state index contributed by atoms with van der Waals surface area (Å²) in [7, 11) is 1.53. The van der Waals surface area contributed by atoms with Crippen LogP contribution in [0, 0.1) is 0 Å². The molecule has 2 aromatic heterocycles. The van der Waals surface area contributed by atoms with Crippen LogP contribution in [0.3, 0.4) is 0 Å². The molecule has 0 fully saturated rings. The number of nitrogens with zero attached hydrogens (tertiary/aromatic N) is 2. The van der Waals surface area contributed by atoms with Gasteiger partial charge in [0, 0.05) is 12.3 Å². The summed E-state index contributed by atoms with van der Waals surface area (Å²) < 4.78 is 51.4. The molecular formula is C24H19F3N4O3. The van der Waals surface area contributed by atoms with Crippen LogP contribution in [0.1, 0.15) is 11.1 Å². The Morgan fingerprint density at radius 1 is 1.06 bits per heavy atom. The van der Waals surface area contributed by atoms with Crippen molar-refractivity contribution in [3.05, 3.63) is 84.4 Å². The normalized spacial score (nSPS) is 11.2. The Morgan fingerprint density at radius 3 is 2.50 bits per heavy atom. The fourth-order valence-corrected chi connectivity index (χ4v) is 3.25. The molecule has 2 N–H and O–H groups in total. The number of rotatable bonds is 7. The Hall–Kier alpha value is -4.34. The molecule has 2 heterocycles. The third-order valence-corrected chi connectivity index (χ3v) is 4.86. The lowest BCUT2D eigenvalue weighted by molar-refractivity contribution is -0.137. The molecule has 0 saturated carbocycles. The second-order valence-electron chi connectivity index (χ2n) is 7.19. The number of carbonyl (C=O) groups is 1. The number of anilines is 3. The maximum absolute atomic E-state index is 13.7. The molecule has 0 radical (unpaired) electrons. The summed E-state index contributed by atoms with van der Waals surface area (Å²) in [6, 6.07) is 14.7. The summed E-state index contributed by atoms with van der Waals surface area (Å²) in [5, 5.41) is 5.33. The number of ether oxygens (including phenoxy) is 1. The molecule has 34 heavy (non-hydrogen) atoms. The highest BCUT2D eigenvalue weighted by molar-refractivity contribution is 5.92. The SMILES string of the molecule is COc1ccc(CC(=O)Nc2cc(Nc3ccccc3-c3ncco3)c(C(F)(F)F)cn2)cc1. The molecule has 0 aliphatic rings. The van der Waals surface area contributed by atoms with E-state index in [-0.39, 0.29) is 23.8 Å². The third kappa shape index (κ3) is 5.34. The highest BCUT2D eigenvalue weighted by Crippen LogP contribution is 2.38. The number of aromatic nitrogens is 2. The van der Waals surface area contributed by atoms with Crippen LogP contribution < -0.4 is 15.4 Å². The lowest BCUT2D eigenvalue weighted by Gasteiger charge is -2.17. The van der Waals surface area contributed by atoms with E-state index in [9.17, 15) is 18.0 Å². The average molecular weight is 468 g/mol. The Bertz CT molecular complexity index is 1270. The second-order valence-corrected chi connectivity index (χ2v) is 7.19. The highest BCUT2D eigenvalue weighted by atomic mass is 19.4. The van der Waals surface area contributed by atoms with Crippen LogP contribution in [0.2, 0.25) is 0 Å². The number of nitrogens with one attached hydrogen (secondary N) is 2.